The van der Waals surface area contributed by atoms with Crippen molar-refractivity contribution in [2.45, 2.75) is 45.3 Å². The van der Waals surface area contributed by atoms with Crippen LogP contribution in [0.5, 0.6) is 5.75 Å². The van der Waals surface area contributed by atoms with Gasteiger partial charge >= 0.3 is 0 Å². The fourth-order valence-electron chi connectivity index (χ4n) is 5.47. The number of benzene rings is 1. The zero-order valence-electron chi connectivity index (χ0n) is 21.2. The van der Waals surface area contributed by atoms with Gasteiger partial charge in [0, 0.05) is 37.8 Å². The number of rotatable bonds is 1. The molecule has 1 N–H and O–H groups in total. The number of hydrogen-bond acceptors (Lipinski definition) is 8. The Morgan fingerprint density at radius 3 is 2.71 bits per heavy atom. The summed E-state index contributed by atoms with van der Waals surface area (Å²) in [7, 11) is -2.52. The molecule has 4 aliphatic rings. The lowest BCUT2D eigenvalue weighted by Gasteiger charge is -2.45. The number of likely N-dealkylation sites (N-methyl/N-ethyl adjacent to an activating group) is 2. The molecule has 1 saturated heterocycles. The molecule has 14 heteroatoms. The number of aliphatic hydroxyl groups excluding tert-OH is 1. The van der Waals surface area contributed by atoms with E-state index in [1.807, 2.05) is 13.8 Å². The summed E-state index contributed by atoms with van der Waals surface area (Å²) < 4.78 is 47.7. The van der Waals surface area contributed by atoms with E-state index in [0.717, 1.165) is 15.4 Å². The highest BCUT2D eigenvalue weighted by Crippen LogP contribution is 2.43. The van der Waals surface area contributed by atoms with Gasteiger partial charge in [0.1, 0.15) is 35.0 Å². The van der Waals surface area contributed by atoms with Crippen molar-refractivity contribution in [3.05, 3.63) is 40.0 Å². The molecule has 2 amide bonds. The first-order valence-corrected chi connectivity index (χ1v) is 14.4. The maximum absolute atomic E-state index is 14.3. The molecule has 0 saturated carbocycles. The van der Waals surface area contributed by atoms with Crippen LogP contribution in [0.25, 0.3) is 0 Å². The van der Waals surface area contributed by atoms with Gasteiger partial charge in [0.15, 0.2) is 5.84 Å². The second-order valence-electron chi connectivity index (χ2n) is 9.82. The summed E-state index contributed by atoms with van der Waals surface area (Å²) in [6.45, 7) is 4.33. The second kappa shape index (κ2) is 9.60. The second-order valence-corrected chi connectivity index (χ2v) is 12.4. The average Bonchev–Trinajstić information content (AvgIpc) is 3.18. The zero-order valence-corrected chi connectivity index (χ0v) is 22.8. The number of halogens is 2. The van der Waals surface area contributed by atoms with Crippen molar-refractivity contribution in [2.75, 3.05) is 32.5 Å². The molecule has 0 aliphatic carbocycles. The fourth-order valence-corrected chi connectivity index (χ4v) is 6.93. The molecule has 4 aliphatic heterocycles. The van der Waals surface area contributed by atoms with E-state index >= 15 is 0 Å². The smallest absolute Gasteiger partial charge is 0.273 e. The molecule has 0 radical (unpaired) electrons. The number of carbonyl (C=O) groups is 2. The molecule has 1 aromatic carbocycles. The third-order valence-electron chi connectivity index (χ3n) is 7.47. The zero-order chi connectivity index (χ0) is 27.5. The van der Waals surface area contributed by atoms with Gasteiger partial charge in [0.2, 0.25) is 10.0 Å². The lowest BCUT2D eigenvalue weighted by Crippen LogP contribution is -2.62. The highest BCUT2D eigenvalue weighted by Gasteiger charge is 2.58. The number of nitrogens with zero attached hydrogens (tertiary/aromatic N) is 5. The van der Waals surface area contributed by atoms with Gasteiger partial charge in [-0.15, -0.1) is 0 Å². The minimum Gasteiger partial charge on any atom is -0.509 e. The van der Waals surface area contributed by atoms with Crippen LogP contribution in [-0.4, -0.2) is 94.9 Å². The first-order chi connectivity index (χ1) is 18.0. The van der Waals surface area contributed by atoms with Gasteiger partial charge in [-0.25, -0.2) is 17.8 Å². The Bertz CT molecular complexity index is 1370. The van der Waals surface area contributed by atoms with Crippen molar-refractivity contribution in [3.8, 4) is 5.75 Å². The van der Waals surface area contributed by atoms with Crippen molar-refractivity contribution < 1.29 is 32.2 Å². The largest absolute Gasteiger partial charge is 0.509 e. The van der Waals surface area contributed by atoms with Crippen molar-refractivity contribution in [1.29, 1.82) is 0 Å². The number of piperazine rings is 1. The van der Waals surface area contributed by atoms with Gasteiger partial charge in [-0.2, -0.15) is 5.10 Å². The number of fused-ring (bicyclic) bond motifs is 6. The number of amides is 2. The molecule has 2 unspecified atom stereocenters. The van der Waals surface area contributed by atoms with Crippen LogP contribution in [-0.2, 0) is 26.2 Å². The van der Waals surface area contributed by atoms with Crippen molar-refractivity contribution in [2.24, 2.45) is 11.0 Å². The predicted octanol–water partition coefficient (Wildman–Crippen LogP) is 1.89. The molecule has 4 heterocycles. The van der Waals surface area contributed by atoms with Crippen LogP contribution >= 0.6 is 11.6 Å². The molecular formula is C24H29ClFN5O6S. The molecule has 1 fully saturated rings. The standard InChI is InChI=1S/C24H29ClFN5O6S/c1-4-29-11-13(2)31-19-18(21(32)20(31)24(29)34)23(33)30-12-14-9-15(25)16(26)10-17(14)37-7-5-6-8-38(35,36)28(3)22(19)27-30/h9-10,13,18-19,32H,4-8,11-12H2,1-3H3/t13-,18?,19?/m0/s1. The summed E-state index contributed by atoms with van der Waals surface area (Å²) in [6.07, 6.45) is 0.649. The lowest BCUT2D eigenvalue weighted by molar-refractivity contribution is -0.139. The third kappa shape index (κ3) is 4.15. The number of carbonyl (C=O) groups excluding carboxylic acids is 2. The highest BCUT2D eigenvalue weighted by molar-refractivity contribution is 7.89. The average molecular weight is 570 g/mol. The number of ether oxygens (including phenoxy) is 1. The van der Waals surface area contributed by atoms with E-state index in [4.69, 9.17) is 16.3 Å². The molecule has 206 valence electrons. The van der Waals surface area contributed by atoms with Crippen molar-refractivity contribution in [3.63, 3.8) is 0 Å². The van der Waals surface area contributed by atoms with Crippen molar-refractivity contribution >= 4 is 39.3 Å². The molecule has 11 nitrogen and oxygen atoms in total. The highest BCUT2D eigenvalue weighted by atomic mass is 35.5. The van der Waals surface area contributed by atoms with Crippen LogP contribution in [0.1, 0.15) is 32.3 Å². The third-order valence-corrected chi connectivity index (χ3v) is 9.58. The number of amidine groups is 1. The SMILES string of the molecule is CCN1C[C@H](C)N2C(=C(O)C3C(=O)N4Cc5cc(Cl)c(F)cc5OCCCCS(=O)(=O)N(C)C(=N4)C32)C1=O. The Balaban J connectivity index is 1.67. The molecular weight excluding hydrogens is 541 g/mol. The normalized spacial score (nSPS) is 27.5. The quantitative estimate of drug-likeness (QED) is 0.548. The summed E-state index contributed by atoms with van der Waals surface area (Å²) in [6, 6.07) is 1.14. The summed E-state index contributed by atoms with van der Waals surface area (Å²) in [5, 5.41) is 16.6. The molecule has 0 spiro atoms. The summed E-state index contributed by atoms with van der Waals surface area (Å²) in [4.78, 5) is 30.3. The molecule has 38 heavy (non-hydrogen) atoms. The first kappa shape index (κ1) is 26.5. The van der Waals surface area contributed by atoms with Crippen LogP contribution in [0, 0.1) is 11.7 Å². The molecule has 3 atom stereocenters. The number of hydrazone groups is 1. The van der Waals surface area contributed by atoms with E-state index in [1.54, 1.807) is 9.80 Å². The Morgan fingerprint density at radius 1 is 1.26 bits per heavy atom. The van der Waals surface area contributed by atoms with Crippen LogP contribution in [0.3, 0.4) is 0 Å². The minimum atomic E-state index is -3.88. The van der Waals surface area contributed by atoms with E-state index in [-0.39, 0.29) is 53.7 Å². The number of aliphatic hydroxyl groups is 1. The maximum atomic E-state index is 14.3. The Hall–Kier alpha value is -3.06. The summed E-state index contributed by atoms with van der Waals surface area (Å²) >= 11 is 6.03. The Morgan fingerprint density at radius 2 is 2.00 bits per heavy atom. The van der Waals surface area contributed by atoms with E-state index in [1.165, 1.54) is 13.1 Å². The van der Waals surface area contributed by atoms with E-state index in [9.17, 15) is 27.5 Å². The number of sulfonamides is 1. The predicted molar refractivity (Wildman–Crippen MR) is 136 cm³/mol. The maximum Gasteiger partial charge on any atom is 0.273 e. The van der Waals surface area contributed by atoms with Gasteiger partial charge in [-0.05, 0) is 32.8 Å². The minimum absolute atomic E-state index is 0.00988. The van der Waals surface area contributed by atoms with E-state index in [2.05, 4.69) is 5.10 Å². The van der Waals surface area contributed by atoms with E-state index < -0.39 is 45.4 Å². The van der Waals surface area contributed by atoms with Gasteiger partial charge in [-0.3, -0.25) is 13.9 Å². The molecule has 0 aromatic heterocycles. The first-order valence-electron chi connectivity index (χ1n) is 12.4. The summed E-state index contributed by atoms with van der Waals surface area (Å²) in [5.41, 5.74) is 0.338. The van der Waals surface area contributed by atoms with Crippen LogP contribution in [0.4, 0.5) is 4.39 Å². The Labute approximate surface area is 225 Å². The fraction of sp³-hybridized carbons (Fsp3) is 0.542. The van der Waals surface area contributed by atoms with Crippen LogP contribution in [0.2, 0.25) is 5.02 Å². The number of hydrogen-bond donors (Lipinski definition) is 1. The van der Waals surface area contributed by atoms with Gasteiger partial charge < -0.3 is 19.6 Å². The summed E-state index contributed by atoms with van der Waals surface area (Å²) in [5.74, 6) is -3.50. The van der Waals surface area contributed by atoms with Gasteiger partial charge in [0.25, 0.3) is 11.8 Å². The molecule has 2 bridgehead atoms. The van der Waals surface area contributed by atoms with Crippen molar-refractivity contribution in [1.82, 2.24) is 19.1 Å². The van der Waals surface area contributed by atoms with Crippen LogP contribution < -0.4 is 4.74 Å². The molecule has 1 aromatic rings. The Kier molecular flexibility index (Phi) is 6.70. The van der Waals surface area contributed by atoms with Crippen LogP contribution in [0.15, 0.2) is 28.7 Å². The molecule has 5 rings (SSSR count). The topological polar surface area (TPSA) is 123 Å². The lowest BCUT2D eigenvalue weighted by atomic mass is 9.95. The van der Waals surface area contributed by atoms with E-state index in [0.29, 0.717) is 25.1 Å². The van der Waals surface area contributed by atoms with Gasteiger partial charge in [0.05, 0.1) is 23.9 Å². The monoisotopic (exact) mass is 569 g/mol. The van der Waals surface area contributed by atoms with Gasteiger partial charge in [-0.1, -0.05) is 11.6 Å².